The molecule has 0 aliphatic rings. The summed E-state index contributed by atoms with van der Waals surface area (Å²) in [5.41, 5.74) is 1.66. The zero-order valence-corrected chi connectivity index (χ0v) is 13.7. The number of aromatic nitrogens is 1. The molecule has 2 rings (SSSR count). The third-order valence-electron chi connectivity index (χ3n) is 3.09. The van der Waals surface area contributed by atoms with E-state index < -0.39 is 0 Å². The summed E-state index contributed by atoms with van der Waals surface area (Å²) >= 11 is 3.34. The molecule has 0 saturated carbocycles. The number of amides is 1. The van der Waals surface area contributed by atoms with Crippen molar-refractivity contribution in [2.24, 2.45) is 0 Å². The Morgan fingerprint density at radius 1 is 1.29 bits per heavy atom. The van der Waals surface area contributed by atoms with E-state index in [-0.39, 0.29) is 11.9 Å². The zero-order valence-electron chi connectivity index (χ0n) is 12.1. The van der Waals surface area contributed by atoms with E-state index in [1.807, 2.05) is 30.3 Å². The largest absolute Gasteiger partial charge is 0.340 e. The van der Waals surface area contributed by atoms with Gasteiger partial charge < -0.3 is 10.2 Å². The molecule has 0 fully saturated rings. The molecule has 0 aliphatic heterocycles. The van der Waals surface area contributed by atoms with Gasteiger partial charge in [0.1, 0.15) is 12.6 Å². The van der Waals surface area contributed by atoms with Gasteiger partial charge in [0.05, 0.1) is 19.7 Å². The van der Waals surface area contributed by atoms with Crippen LogP contribution >= 0.6 is 15.9 Å². The van der Waals surface area contributed by atoms with Crippen LogP contribution in [0.15, 0.2) is 53.3 Å². The third-order valence-corrected chi connectivity index (χ3v) is 3.52. The fraction of sp³-hybridized carbons (Fsp3) is 0.250. The van der Waals surface area contributed by atoms with Crippen molar-refractivity contribution in [3.63, 3.8) is 0 Å². The van der Waals surface area contributed by atoms with Crippen molar-refractivity contribution < 1.29 is 9.69 Å². The summed E-state index contributed by atoms with van der Waals surface area (Å²) in [7, 11) is 4.14. The van der Waals surface area contributed by atoms with Gasteiger partial charge in [0, 0.05) is 16.9 Å². The maximum absolute atomic E-state index is 12.4. The molecule has 0 saturated heterocycles. The fourth-order valence-electron chi connectivity index (χ4n) is 2.12. The summed E-state index contributed by atoms with van der Waals surface area (Å²) in [6, 6.07) is 11.8. The molecule has 2 N–H and O–H groups in total. The highest BCUT2D eigenvalue weighted by Crippen LogP contribution is 2.13. The maximum Gasteiger partial charge on any atom is 0.253 e. The van der Waals surface area contributed by atoms with E-state index in [9.17, 15) is 4.79 Å². The van der Waals surface area contributed by atoms with E-state index >= 15 is 0 Å². The van der Waals surface area contributed by atoms with Gasteiger partial charge in [0.25, 0.3) is 5.91 Å². The van der Waals surface area contributed by atoms with Crippen LogP contribution in [0, 0.1) is 0 Å². The second kappa shape index (κ2) is 7.33. The van der Waals surface area contributed by atoms with Gasteiger partial charge >= 0.3 is 0 Å². The van der Waals surface area contributed by atoms with E-state index in [0.29, 0.717) is 5.56 Å². The highest BCUT2D eigenvalue weighted by atomic mass is 79.9. The number of pyridine rings is 1. The predicted molar refractivity (Wildman–Crippen MR) is 86.3 cm³/mol. The first-order valence-corrected chi connectivity index (χ1v) is 7.61. The predicted octanol–water partition coefficient (Wildman–Crippen LogP) is 1.46. The number of hydrogen-bond acceptors (Lipinski definition) is 2. The number of nitrogens with zero attached hydrogens (tertiary/aromatic N) is 1. The van der Waals surface area contributed by atoms with Crippen molar-refractivity contribution in [3.8, 4) is 0 Å². The summed E-state index contributed by atoms with van der Waals surface area (Å²) < 4.78 is 0.796. The number of carbonyl (C=O) groups is 1. The van der Waals surface area contributed by atoms with Gasteiger partial charge in [0.2, 0.25) is 0 Å². The van der Waals surface area contributed by atoms with Crippen LogP contribution in [0.2, 0.25) is 0 Å². The van der Waals surface area contributed by atoms with Crippen molar-refractivity contribution in [1.29, 1.82) is 0 Å². The van der Waals surface area contributed by atoms with Crippen molar-refractivity contribution in [2.75, 3.05) is 20.6 Å². The highest BCUT2D eigenvalue weighted by molar-refractivity contribution is 9.10. The minimum atomic E-state index is -0.112. The molecule has 0 bridgehead atoms. The summed E-state index contributed by atoms with van der Waals surface area (Å²) in [5.74, 6) is -0.112. The Kier molecular flexibility index (Phi) is 5.47. The van der Waals surface area contributed by atoms with Gasteiger partial charge in [-0.1, -0.05) is 30.3 Å². The van der Waals surface area contributed by atoms with E-state index in [0.717, 1.165) is 16.6 Å². The first-order chi connectivity index (χ1) is 10.1. The van der Waals surface area contributed by atoms with Crippen molar-refractivity contribution in [3.05, 3.63) is 64.4 Å². The number of benzene rings is 1. The van der Waals surface area contributed by atoms with Crippen molar-refractivity contribution in [2.45, 2.75) is 6.04 Å². The van der Waals surface area contributed by atoms with Crippen LogP contribution in [0.1, 0.15) is 22.0 Å². The van der Waals surface area contributed by atoms with Gasteiger partial charge in [0.15, 0.2) is 0 Å². The Labute approximate surface area is 133 Å². The van der Waals surface area contributed by atoms with Gasteiger partial charge in [-0.05, 0) is 27.6 Å². The normalized spacial score (nSPS) is 12.2. The van der Waals surface area contributed by atoms with Crippen LogP contribution in [0.3, 0.4) is 0 Å². The van der Waals surface area contributed by atoms with Gasteiger partial charge in [-0.2, -0.15) is 0 Å². The second-order valence-corrected chi connectivity index (χ2v) is 6.16. The molecule has 1 aromatic heterocycles. The van der Waals surface area contributed by atoms with E-state index in [1.165, 1.54) is 4.90 Å². The Morgan fingerprint density at radius 2 is 2.00 bits per heavy atom. The first kappa shape index (κ1) is 15.7. The summed E-state index contributed by atoms with van der Waals surface area (Å²) in [5, 5.41) is 3.09. The zero-order chi connectivity index (χ0) is 15.2. The molecule has 1 amide bonds. The molecule has 1 heterocycles. The Bertz CT molecular complexity index is 601. The van der Waals surface area contributed by atoms with E-state index in [4.69, 9.17) is 0 Å². The number of halogens is 1. The average molecular weight is 349 g/mol. The molecule has 1 atom stereocenters. The quantitative estimate of drug-likeness (QED) is 0.859. The molecular formula is C16H19BrN3O+. The van der Waals surface area contributed by atoms with Gasteiger partial charge in [-0.3, -0.25) is 9.78 Å². The molecule has 21 heavy (non-hydrogen) atoms. The smallest absolute Gasteiger partial charge is 0.253 e. The van der Waals surface area contributed by atoms with Crippen LogP contribution in [-0.4, -0.2) is 31.5 Å². The fourth-order valence-corrected chi connectivity index (χ4v) is 2.49. The number of carbonyl (C=O) groups excluding carboxylic acids is 1. The Balaban J connectivity index is 2.17. The molecule has 110 valence electrons. The lowest BCUT2D eigenvalue weighted by molar-refractivity contribution is -0.860. The molecule has 0 radical (unpaired) electrons. The summed E-state index contributed by atoms with van der Waals surface area (Å²) in [6.07, 6.45) is 3.24. The molecule has 5 heteroatoms. The van der Waals surface area contributed by atoms with Crippen LogP contribution < -0.4 is 10.2 Å². The van der Waals surface area contributed by atoms with Gasteiger partial charge in [-0.25, -0.2) is 0 Å². The molecule has 0 aliphatic carbocycles. The lowest BCUT2D eigenvalue weighted by Gasteiger charge is -2.20. The monoisotopic (exact) mass is 348 g/mol. The average Bonchev–Trinajstić information content (AvgIpc) is 2.47. The number of nitrogens with one attached hydrogen (secondary N) is 2. The van der Waals surface area contributed by atoms with Crippen LogP contribution in [0.5, 0.6) is 0 Å². The second-order valence-electron chi connectivity index (χ2n) is 5.24. The molecule has 0 spiro atoms. The molecule has 4 nitrogen and oxygen atoms in total. The third kappa shape index (κ3) is 4.65. The van der Waals surface area contributed by atoms with Crippen molar-refractivity contribution in [1.82, 2.24) is 10.3 Å². The number of hydrogen-bond donors (Lipinski definition) is 2. The lowest BCUT2D eigenvalue weighted by Crippen LogP contribution is -3.06. The van der Waals surface area contributed by atoms with Crippen molar-refractivity contribution >= 4 is 21.8 Å². The summed E-state index contributed by atoms with van der Waals surface area (Å²) in [4.78, 5) is 17.7. The van der Waals surface area contributed by atoms with Crippen LogP contribution in [0.4, 0.5) is 0 Å². The Morgan fingerprint density at radius 3 is 2.62 bits per heavy atom. The standard InChI is InChI=1S/C16H18BrN3O/c1-20(2)11-15(12-6-4-3-5-7-12)19-16(21)13-8-14(17)10-18-9-13/h3-10,15H,11H2,1-2H3,(H,19,21)/p+1/t15-/m0/s1. The number of rotatable bonds is 5. The van der Waals surface area contributed by atoms with Gasteiger partial charge in [-0.15, -0.1) is 0 Å². The first-order valence-electron chi connectivity index (χ1n) is 6.81. The lowest BCUT2D eigenvalue weighted by atomic mass is 10.1. The summed E-state index contributed by atoms with van der Waals surface area (Å²) in [6.45, 7) is 0.817. The number of likely N-dealkylation sites (N-methyl/N-ethyl adjacent to an activating group) is 1. The maximum atomic E-state index is 12.4. The molecular weight excluding hydrogens is 330 g/mol. The highest BCUT2D eigenvalue weighted by Gasteiger charge is 2.18. The Hall–Kier alpha value is -1.72. The topological polar surface area (TPSA) is 46.4 Å². The minimum Gasteiger partial charge on any atom is -0.340 e. The minimum absolute atomic E-state index is 0.0253. The molecule has 0 unspecified atom stereocenters. The molecule has 1 aromatic carbocycles. The SMILES string of the molecule is C[NH+](C)C[C@H](NC(=O)c1cncc(Br)c1)c1ccccc1. The van der Waals surface area contributed by atoms with Crippen LogP contribution in [0.25, 0.3) is 0 Å². The van der Waals surface area contributed by atoms with Crippen LogP contribution in [-0.2, 0) is 0 Å². The van der Waals surface area contributed by atoms with E-state index in [2.05, 4.69) is 40.3 Å². The number of quaternary nitrogens is 1. The molecule has 2 aromatic rings. The van der Waals surface area contributed by atoms with E-state index in [1.54, 1.807) is 18.5 Å².